The van der Waals surface area contributed by atoms with E-state index in [9.17, 15) is 20.4 Å². The number of aliphatic hydroxyl groups is 4. The molecule has 0 bridgehead atoms. The summed E-state index contributed by atoms with van der Waals surface area (Å²) in [5, 5.41) is 36.9. The maximum Gasteiger partial charge on any atom is 0.110 e. The van der Waals surface area contributed by atoms with E-state index in [0.29, 0.717) is 12.8 Å². The fraction of sp³-hybridized carbons (Fsp3) is 1.00. The van der Waals surface area contributed by atoms with Crippen LogP contribution in [-0.2, 0) is 0 Å². The van der Waals surface area contributed by atoms with E-state index < -0.39 is 30.5 Å². The Hall–Kier alpha value is -0.200. The standard InChI is InChI=1S/C7H15NO4/c8-3-1-2-4(9)6(11)7(12)5(3)10/h3-7,9-12H,1-2,8H2/t3-,4+,5-,6-,7+/m0/s1. The molecule has 0 aromatic heterocycles. The van der Waals surface area contributed by atoms with Gasteiger partial charge in [0, 0.05) is 6.04 Å². The highest BCUT2D eigenvalue weighted by atomic mass is 16.4. The fourth-order valence-corrected chi connectivity index (χ4v) is 1.39. The number of hydrogen-bond acceptors (Lipinski definition) is 5. The largest absolute Gasteiger partial charge is 0.390 e. The van der Waals surface area contributed by atoms with Crippen molar-refractivity contribution in [1.82, 2.24) is 0 Å². The summed E-state index contributed by atoms with van der Waals surface area (Å²) in [6.45, 7) is 0. The quantitative estimate of drug-likeness (QED) is 0.264. The van der Waals surface area contributed by atoms with Gasteiger partial charge in [-0.3, -0.25) is 0 Å². The van der Waals surface area contributed by atoms with Crippen LogP contribution >= 0.6 is 0 Å². The highest BCUT2D eigenvalue weighted by Crippen LogP contribution is 2.18. The van der Waals surface area contributed by atoms with Crippen LogP contribution in [0, 0.1) is 0 Å². The van der Waals surface area contributed by atoms with Crippen molar-refractivity contribution in [1.29, 1.82) is 0 Å². The zero-order valence-electron chi connectivity index (χ0n) is 6.67. The van der Waals surface area contributed by atoms with E-state index in [4.69, 9.17) is 5.73 Å². The van der Waals surface area contributed by atoms with Gasteiger partial charge in [0.1, 0.15) is 12.2 Å². The molecule has 0 aromatic carbocycles. The molecule has 0 heterocycles. The van der Waals surface area contributed by atoms with Gasteiger partial charge in [0.2, 0.25) is 0 Å². The summed E-state index contributed by atoms with van der Waals surface area (Å²) in [6.07, 6.45) is -4.10. The van der Waals surface area contributed by atoms with Crippen LogP contribution in [0.2, 0.25) is 0 Å². The Morgan fingerprint density at radius 3 is 2.00 bits per heavy atom. The Bertz CT molecular complexity index is 138. The summed E-state index contributed by atoms with van der Waals surface area (Å²) in [5.41, 5.74) is 5.46. The molecule has 1 aliphatic carbocycles. The predicted octanol–water partition coefficient (Wildman–Crippen LogP) is -2.45. The van der Waals surface area contributed by atoms with Crippen molar-refractivity contribution in [2.24, 2.45) is 5.73 Å². The third-order valence-corrected chi connectivity index (χ3v) is 2.33. The molecule has 0 amide bonds. The van der Waals surface area contributed by atoms with E-state index in [1.165, 1.54) is 0 Å². The molecule has 0 unspecified atom stereocenters. The van der Waals surface area contributed by atoms with Crippen molar-refractivity contribution in [2.75, 3.05) is 0 Å². The minimum absolute atomic E-state index is 0.302. The van der Waals surface area contributed by atoms with E-state index in [1.54, 1.807) is 0 Å². The summed E-state index contributed by atoms with van der Waals surface area (Å²) in [5.74, 6) is 0. The third kappa shape index (κ3) is 1.75. The zero-order chi connectivity index (χ0) is 9.30. The van der Waals surface area contributed by atoms with Crippen molar-refractivity contribution < 1.29 is 20.4 Å². The van der Waals surface area contributed by atoms with E-state index in [1.807, 2.05) is 0 Å². The first-order chi connectivity index (χ1) is 5.54. The second-order valence-corrected chi connectivity index (χ2v) is 3.28. The van der Waals surface area contributed by atoms with Crippen molar-refractivity contribution in [3.8, 4) is 0 Å². The van der Waals surface area contributed by atoms with Gasteiger partial charge < -0.3 is 26.2 Å². The molecular formula is C7H15NO4. The molecule has 72 valence electrons. The average Bonchev–Trinajstić information content (AvgIpc) is 2.14. The topological polar surface area (TPSA) is 107 Å². The lowest BCUT2D eigenvalue weighted by atomic mass is 10.0. The average molecular weight is 177 g/mol. The van der Waals surface area contributed by atoms with Gasteiger partial charge in [-0.1, -0.05) is 0 Å². The molecule has 0 radical (unpaired) electrons. The van der Waals surface area contributed by atoms with E-state index in [0.717, 1.165) is 0 Å². The summed E-state index contributed by atoms with van der Waals surface area (Å²) in [7, 11) is 0. The molecule has 1 rings (SSSR count). The van der Waals surface area contributed by atoms with Gasteiger partial charge in [-0.2, -0.15) is 0 Å². The first kappa shape index (κ1) is 9.88. The van der Waals surface area contributed by atoms with Gasteiger partial charge in [-0.15, -0.1) is 0 Å². The second-order valence-electron chi connectivity index (χ2n) is 3.28. The molecule has 1 aliphatic rings. The Kier molecular flexibility index (Phi) is 3.03. The summed E-state index contributed by atoms with van der Waals surface area (Å²) in [6, 6.07) is -0.577. The number of aliphatic hydroxyl groups excluding tert-OH is 4. The molecule has 0 saturated heterocycles. The summed E-state index contributed by atoms with van der Waals surface area (Å²) < 4.78 is 0. The van der Waals surface area contributed by atoms with Crippen LogP contribution in [0.4, 0.5) is 0 Å². The second kappa shape index (κ2) is 3.68. The van der Waals surface area contributed by atoms with Crippen LogP contribution in [0.5, 0.6) is 0 Å². The molecule has 0 spiro atoms. The number of rotatable bonds is 0. The van der Waals surface area contributed by atoms with Gasteiger partial charge in [-0.05, 0) is 12.8 Å². The summed E-state index contributed by atoms with van der Waals surface area (Å²) >= 11 is 0. The fourth-order valence-electron chi connectivity index (χ4n) is 1.39. The van der Waals surface area contributed by atoms with Crippen LogP contribution in [-0.4, -0.2) is 50.9 Å². The number of nitrogens with two attached hydrogens (primary N) is 1. The molecule has 5 atom stereocenters. The lowest BCUT2D eigenvalue weighted by molar-refractivity contribution is -0.0973. The van der Waals surface area contributed by atoms with E-state index in [2.05, 4.69) is 0 Å². The minimum atomic E-state index is -1.35. The molecule has 6 N–H and O–H groups in total. The van der Waals surface area contributed by atoms with Gasteiger partial charge in [0.15, 0.2) is 0 Å². The Morgan fingerprint density at radius 2 is 1.42 bits per heavy atom. The zero-order valence-corrected chi connectivity index (χ0v) is 6.67. The lowest BCUT2D eigenvalue weighted by Crippen LogP contribution is -2.48. The highest BCUT2D eigenvalue weighted by Gasteiger charge is 2.36. The smallest absolute Gasteiger partial charge is 0.110 e. The van der Waals surface area contributed by atoms with Crippen molar-refractivity contribution in [2.45, 2.75) is 43.3 Å². The third-order valence-electron chi connectivity index (χ3n) is 2.33. The Morgan fingerprint density at radius 1 is 0.833 bits per heavy atom. The first-order valence-corrected chi connectivity index (χ1v) is 4.02. The van der Waals surface area contributed by atoms with Crippen LogP contribution in [0.3, 0.4) is 0 Å². The molecular weight excluding hydrogens is 162 g/mol. The van der Waals surface area contributed by atoms with Crippen LogP contribution in [0.15, 0.2) is 0 Å². The van der Waals surface area contributed by atoms with E-state index in [-0.39, 0.29) is 0 Å². The highest BCUT2D eigenvalue weighted by molar-refractivity contribution is 4.90. The van der Waals surface area contributed by atoms with Crippen molar-refractivity contribution in [3.05, 3.63) is 0 Å². The van der Waals surface area contributed by atoms with Gasteiger partial charge in [0.05, 0.1) is 12.2 Å². The Balaban J connectivity index is 2.68. The maximum absolute atomic E-state index is 9.27. The molecule has 1 saturated carbocycles. The predicted molar refractivity (Wildman–Crippen MR) is 41.2 cm³/mol. The van der Waals surface area contributed by atoms with E-state index >= 15 is 0 Å². The molecule has 1 fully saturated rings. The van der Waals surface area contributed by atoms with Crippen LogP contribution in [0.1, 0.15) is 12.8 Å². The molecule has 5 nitrogen and oxygen atoms in total. The van der Waals surface area contributed by atoms with Gasteiger partial charge in [-0.25, -0.2) is 0 Å². The van der Waals surface area contributed by atoms with Gasteiger partial charge in [0.25, 0.3) is 0 Å². The SMILES string of the molecule is N[C@H]1CC[C@@H](O)[C@H](O)[C@H](O)[C@H]1O. The van der Waals surface area contributed by atoms with Gasteiger partial charge >= 0.3 is 0 Å². The van der Waals surface area contributed by atoms with Crippen LogP contribution in [0.25, 0.3) is 0 Å². The van der Waals surface area contributed by atoms with Crippen molar-refractivity contribution in [3.63, 3.8) is 0 Å². The van der Waals surface area contributed by atoms with Crippen molar-refractivity contribution >= 4 is 0 Å². The first-order valence-electron chi connectivity index (χ1n) is 4.02. The molecule has 0 aliphatic heterocycles. The normalized spacial score (nSPS) is 50.2. The monoisotopic (exact) mass is 177 g/mol. The Labute approximate surface area is 70.4 Å². The number of hydrogen-bond donors (Lipinski definition) is 5. The summed E-state index contributed by atoms with van der Waals surface area (Å²) in [4.78, 5) is 0. The lowest BCUT2D eigenvalue weighted by Gasteiger charge is -2.24. The maximum atomic E-state index is 9.27. The molecule has 12 heavy (non-hydrogen) atoms. The van der Waals surface area contributed by atoms with Crippen LogP contribution < -0.4 is 5.73 Å². The molecule has 5 heteroatoms. The molecule has 0 aromatic rings. The minimum Gasteiger partial charge on any atom is -0.390 e.